The summed E-state index contributed by atoms with van der Waals surface area (Å²) >= 11 is 0. The summed E-state index contributed by atoms with van der Waals surface area (Å²) in [5, 5.41) is 3.88. The summed E-state index contributed by atoms with van der Waals surface area (Å²) in [6, 6.07) is 4.52. The maximum Gasteiger partial charge on any atom is 0.301 e. The minimum Gasteiger partial charge on any atom is -0.459 e. The molecule has 0 aliphatic heterocycles. The van der Waals surface area contributed by atoms with E-state index in [0.717, 1.165) is 0 Å². The molecule has 0 saturated heterocycles. The van der Waals surface area contributed by atoms with Crippen LogP contribution in [0.2, 0.25) is 0 Å². The van der Waals surface area contributed by atoms with Gasteiger partial charge in [0, 0.05) is 17.8 Å². The first-order valence-electron chi connectivity index (χ1n) is 4.82. The van der Waals surface area contributed by atoms with Crippen LogP contribution < -0.4 is 16.8 Å². The lowest BCUT2D eigenvalue weighted by atomic mass is 10.2. The first-order valence-corrected chi connectivity index (χ1v) is 4.82. The summed E-state index contributed by atoms with van der Waals surface area (Å²) in [5.74, 6) is 4.54. The largest absolute Gasteiger partial charge is 0.459 e. The number of carbonyl (C=O) groups is 1. The Hall–Kier alpha value is -2.41. The van der Waals surface area contributed by atoms with Gasteiger partial charge in [-0.05, 0) is 12.1 Å². The summed E-state index contributed by atoms with van der Waals surface area (Å²) in [6.45, 7) is 0.152. The Morgan fingerprint density at radius 2 is 2.35 bits per heavy atom. The molecule has 7 nitrogen and oxygen atoms in total. The van der Waals surface area contributed by atoms with Gasteiger partial charge in [-0.1, -0.05) is 0 Å². The number of nitrogens with one attached hydrogen (secondary N) is 1. The maximum absolute atomic E-state index is 11.4. The van der Waals surface area contributed by atoms with Crippen molar-refractivity contribution in [2.24, 2.45) is 5.84 Å². The molecule has 0 aromatic carbocycles. The van der Waals surface area contributed by atoms with E-state index in [1.54, 1.807) is 12.1 Å². The molecule has 3 N–H and O–H groups in total. The van der Waals surface area contributed by atoms with Crippen LogP contribution in [0.1, 0.15) is 16.1 Å². The molecule has 1 amide bonds. The fraction of sp³-hybridized carbons (Fsp3) is 0.100. The number of rotatable bonds is 3. The Morgan fingerprint density at radius 1 is 1.53 bits per heavy atom. The molecule has 0 spiro atoms. The number of amides is 1. The fourth-order valence-electron chi connectivity index (χ4n) is 1.39. The molecular formula is C10H10N4O3. The minimum atomic E-state index is -0.547. The molecule has 2 aromatic rings. The highest BCUT2D eigenvalue weighted by Gasteiger charge is 2.14. The zero-order valence-corrected chi connectivity index (χ0v) is 8.79. The Balaban J connectivity index is 2.31. The lowest BCUT2D eigenvalue weighted by Crippen LogP contribution is -2.31. The van der Waals surface area contributed by atoms with Crippen molar-refractivity contribution in [2.75, 3.05) is 0 Å². The number of nitrogens with zero attached hydrogens (tertiary/aromatic N) is 2. The van der Waals surface area contributed by atoms with E-state index in [4.69, 9.17) is 10.3 Å². The smallest absolute Gasteiger partial charge is 0.301 e. The molecule has 7 heteroatoms. The molecule has 0 aliphatic carbocycles. The van der Waals surface area contributed by atoms with Crippen LogP contribution in [0.15, 0.2) is 39.9 Å². The third-order valence-corrected chi connectivity index (χ3v) is 2.19. The van der Waals surface area contributed by atoms with Crippen molar-refractivity contribution >= 4 is 5.91 Å². The Bertz CT molecular complexity index is 587. The average Bonchev–Trinajstić information content (AvgIpc) is 2.79. The topological polar surface area (TPSA) is 103 Å². The van der Waals surface area contributed by atoms with Crippen LogP contribution >= 0.6 is 0 Å². The molecule has 2 rings (SSSR count). The van der Waals surface area contributed by atoms with E-state index < -0.39 is 5.91 Å². The van der Waals surface area contributed by atoms with Gasteiger partial charge in [0.25, 0.3) is 5.56 Å². The van der Waals surface area contributed by atoms with Crippen LogP contribution in [0.4, 0.5) is 0 Å². The van der Waals surface area contributed by atoms with Gasteiger partial charge in [0.1, 0.15) is 0 Å². The van der Waals surface area contributed by atoms with E-state index >= 15 is 0 Å². The van der Waals surface area contributed by atoms with Crippen molar-refractivity contribution in [2.45, 2.75) is 6.54 Å². The summed E-state index contributed by atoms with van der Waals surface area (Å²) in [6.07, 6.45) is 2.85. The third kappa shape index (κ3) is 2.23. The third-order valence-electron chi connectivity index (χ3n) is 2.19. The highest BCUT2D eigenvalue weighted by molar-refractivity contribution is 5.92. The summed E-state index contributed by atoms with van der Waals surface area (Å²) in [5.41, 5.74) is 2.25. The average molecular weight is 234 g/mol. The summed E-state index contributed by atoms with van der Waals surface area (Å²) in [7, 11) is 0. The van der Waals surface area contributed by atoms with E-state index in [2.05, 4.69) is 5.10 Å². The van der Waals surface area contributed by atoms with Gasteiger partial charge in [-0.3, -0.25) is 15.0 Å². The lowest BCUT2D eigenvalue weighted by molar-refractivity contribution is 0.0924. The second kappa shape index (κ2) is 4.62. The van der Waals surface area contributed by atoms with Crippen LogP contribution in [0.3, 0.4) is 0 Å². The number of hydrogen-bond donors (Lipinski definition) is 2. The second-order valence-corrected chi connectivity index (χ2v) is 3.27. The van der Waals surface area contributed by atoms with E-state index in [9.17, 15) is 9.59 Å². The molecule has 17 heavy (non-hydrogen) atoms. The van der Waals surface area contributed by atoms with E-state index in [0.29, 0.717) is 5.56 Å². The zero-order valence-electron chi connectivity index (χ0n) is 8.79. The van der Waals surface area contributed by atoms with E-state index in [1.807, 2.05) is 5.43 Å². The molecule has 0 radical (unpaired) electrons. The van der Waals surface area contributed by atoms with Gasteiger partial charge in [-0.25, -0.2) is 10.5 Å². The second-order valence-electron chi connectivity index (χ2n) is 3.27. The zero-order chi connectivity index (χ0) is 12.3. The van der Waals surface area contributed by atoms with Crippen molar-refractivity contribution in [1.29, 1.82) is 0 Å². The van der Waals surface area contributed by atoms with Crippen molar-refractivity contribution in [3.05, 3.63) is 52.3 Å². The monoisotopic (exact) mass is 234 g/mol. The van der Waals surface area contributed by atoms with Gasteiger partial charge in [0.2, 0.25) is 0 Å². The number of aromatic nitrogens is 2. The number of furan rings is 1. The standard InChI is InChI=1S/C10H10N4O3/c11-13-10(16)9-7(3-5-17-9)6-14-8(15)2-1-4-12-14/h1-5H,6,11H2,(H,13,16). The predicted octanol–water partition coefficient (Wildman–Crippen LogP) is -0.512. The fourth-order valence-corrected chi connectivity index (χ4v) is 1.39. The quantitative estimate of drug-likeness (QED) is 0.423. The molecule has 0 unspecified atom stereocenters. The van der Waals surface area contributed by atoms with Crippen LogP contribution in [0.25, 0.3) is 0 Å². The number of hydrogen-bond acceptors (Lipinski definition) is 5. The molecular weight excluding hydrogens is 224 g/mol. The molecule has 2 aromatic heterocycles. The Labute approximate surface area is 95.8 Å². The Morgan fingerprint density at radius 3 is 3.06 bits per heavy atom. The number of hydrazine groups is 1. The van der Waals surface area contributed by atoms with Gasteiger partial charge in [0.15, 0.2) is 5.76 Å². The van der Waals surface area contributed by atoms with Crippen molar-refractivity contribution in [3.63, 3.8) is 0 Å². The number of nitrogen functional groups attached to an aromatic ring is 1. The first kappa shape index (κ1) is 11.1. The van der Waals surface area contributed by atoms with Crippen LogP contribution in [0, 0.1) is 0 Å². The van der Waals surface area contributed by atoms with Gasteiger partial charge in [-0.15, -0.1) is 0 Å². The van der Waals surface area contributed by atoms with Gasteiger partial charge >= 0.3 is 5.91 Å². The van der Waals surface area contributed by atoms with E-state index in [-0.39, 0.29) is 17.9 Å². The van der Waals surface area contributed by atoms with Crippen molar-refractivity contribution < 1.29 is 9.21 Å². The summed E-state index contributed by atoms with van der Waals surface area (Å²) < 4.78 is 6.21. The normalized spacial score (nSPS) is 10.2. The van der Waals surface area contributed by atoms with Crippen LogP contribution in [-0.2, 0) is 6.54 Å². The minimum absolute atomic E-state index is 0.0741. The molecule has 88 valence electrons. The molecule has 0 fully saturated rings. The van der Waals surface area contributed by atoms with Gasteiger partial charge < -0.3 is 4.42 Å². The van der Waals surface area contributed by atoms with Crippen LogP contribution in [-0.4, -0.2) is 15.7 Å². The highest BCUT2D eigenvalue weighted by Crippen LogP contribution is 2.10. The van der Waals surface area contributed by atoms with Crippen LogP contribution in [0.5, 0.6) is 0 Å². The van der Waals surface area contributed by atoms with Gasteiger partial charge in [0.05, 0.1) is 12.8 Å². The van der Waals surface area contributed by atoms with Crippen molar-refractivity contribution in [3.8, 4) is 0 Å². The number of carbonyl (C=O) groups excluding carboxylic acids is 1. The molecule has 0 aliphatic rings. The van der Waals surface area contributed by atoms with Gasteiger partial charge in [-0.2, -0.15) is 5.10 Å². The molecule has 0 saturated carbocycles. The van der Waals surface area contributed by atoms with E-state index in [1.165, 1.54) is 23.2 Å². The predicted molar refractivity (Wildman–Crippen MR) is 58.0 cm³/mol. The van der Waals surface area contributed by atoms with Crippen molar-refractivity contribution in [1.82, 2.24) is 15.2 Å². The Kier molecular flexibility index (Phi) is 3.01. The molecule has 0 bridgehead atoms. The molecule has 0 atom stereocenters. The SMILES string of the molecule is NNC(=O)c1occc1Cn1ncccc1=O. The lowest BCUT2D eigenvalue weighted by Gasteiger charge is -2.03. The highest BCUT2D eigenvalue weighted by atomic mass is 16.3. The number of nitrogens with two attached hydrogens (primary N) is 1. The first-order chi connectivity index (χ1) is 8.22. The molecule has 2 heterocycles. The maximum atomic E-state index is 11.4. The summed E-state index contributed by atoms with van der Waals surface area (Å²) in [4.78, 5) is 22.8.